The van der Waals surface area contributed by atoms with E-state index in [4.69, 9.17) is 10.5 Å². The molecule has 0 bridgehead atoms. The first kappa shape index (κ1) is 25.1. The number of fused-ring (bicyclic) bond motifs is 3. The lowest BCUT2D eigenvalue weighted by Gasteiger charge is -2.15. The molecule has 10 heteroatoms. The molecule has 2 aromatic heterocycles. The topological polar surface area (TPSA) is 96.6 Å². The van der Waals surface area contributed by atoms with Crippen LogP contribution in [0.15, 0.2) is 23.4 Å². The summed E-state index contributed by atoms with van der Waals surface area (Å²) in [5, 5.41) is 4.53. The van der Waals surface area contributed by atoms with Crippen molar-refractivity contribution in [2.45, 2.75) is 30.6 Å². The van der Waals surface area contributed by atoms with Gasteiger partial charge in [-0.15, -0.1) is 24.0 Å². The summed E-state index contributed by atoms with van der Waals surface area (Å²) < 4.78 is 5.44. The van der Waals surface area contributed by atoms with Crippen LogP contribution in [0.2, 0.25) is 0 Å². The van der Waals surface area contributed by atoms with Crippen LogP contribution in [0.5, 0.6) is 5.75 Å². The Bertz CT molecular complexity index is 1100. The van der Waals surface area contributed by atoms with E-state index in [2.05, 4.69) is 27.9 Å². The molecule has 1 aliphatic carbocycles. The van der Waals surface area contributed by atoms with Crippen molar-refractivity contribution < 1.29 is 9.53 Å². The second-order valence-corrected chi connectivity index (χ2v) is 9.80. The SMILES string of the molecule is CN(C)CCN(C)C=O.COc1cc(N)c(S)cc1Nc1ncnc2sc3c(c12)CCCC3. The van der Waals surface area contributed by atoms with E-state index in [1.54, 1.807) is 42.8 Å². The van der Waals surface area contributed by atoms with E-state index in [1.807, 2.05) is 25.1 Å². The number of aromatic nitrogens is 2. The van der Waals surface area contributed by atoms with Crippen molar-refractivity contribution in [2.75, 3.05) is 52.4 Å². The molecule has 0 atom stereocenters. The van der Waals surface area contributed by atoms with E-state index < -0.39 is 0 Å². The quantitative estimate of drug-likeness (QED) is 0.264. The number of benzene rings is 1. The summed E-state index contributed by atoms with van der Waals surface area (Å²) in [5.74, 6) is 1.48. The van der Waals surface area contributed by atoms with Crippen LogP contribution in [-0.4, -0.2) is 67.5 Å². The number of nitrogens with two attached hydrogens (primary N) is 1. The lowest BCUT2D eigenvalue weighted by molar-refractivity contribution is -0.117. The van der Waals surface area contributed by atoms with Crippen molar-refractivity contribution in [3.63, 3.8) is 0 Å². The van der Waals surface area contributed by atoms with Gasteiger partial charge in [-0.1, -0.05) is 0 Å². The van der Waals surface area contributed by atoms with Crippen LogP contribution in [-0.2, 0) is 17.6 Å². The largest absolute Gasteiger partial charge is 0.494 e. The first-order chi connectivity index (χ1) is 15.8. The highest BCUT2D eigenvalue weighted by molar-refractivity contribution is 7.80. The fraction of sp³-hybridized carbons (Fsp3) is 0.435. The molecule has 0 saturated heterocycles. The number of nitrogens with one attached hydrogen (secondary N) is 1. The number of anilines is 3. The number of likely N-dealkylation sites (N-methyl/N-ethyl adjacent to an activating group) is 2. The van der Waals surface area contributed by atoms with E-state index in [0.29, 0.717) is 16.3 Å². The first-order valence-electron chi connectivity index (χ1n) is 10.8. The zero-order chi connectivity index (χ0) is 24.0. The Labute approximate surface area is 204 Å². The second kappa shape index (κ2) is 11.5. The number of rotatable bonds is 7. The molecule has 8 nitrogen and oxygen atoms in total. The zero-order valence-corrected chi connectivity index (χ0v) is 21.3. The summed E-state index contributed by atoms with van der Waals surface area (Å²) in [6.45, 7) is 1.73. The predicted octanol–water partition coefficient (Wildman–Crippen LogP) is 3.83. The molecular weight excluding hydrogens is 456 g/mol. The van der Waals surface area contributed by atoms with Gasteiger partial charge in [0.25, 0.3) is 0 Å². The van der Waals surface area contributed by atoms with Crippen LogP contribution in [0.1, 0.15) is 23.3 Å². The normalized spacial score (nSPS) is 12.7. The van der Waals surface area contributed by atoms with E-state index in [-0.39, 0.29) is 0 Å². The maximum atomic E-state index is 10.0. The predicted molar refractivity (Wildman–Crippen MR) is 139 cm³/mol. The minimum atomic E-state index is 0.585. The summed E-state index contributed by atoms with van der Waals surface area (Å²) in [5.41, 5.74) is 8.69. The lowest BCUT2D eigenvalue weighted by Crippen LogP contribution is -2.27. The van der Waals surface area contributed by atoms with Crippen molar-refractivity contribution >= 4 is 57.8 Å². The van der Waals surface area contributed by atoms with Crippen LogP contribution in [0, 0.1) is 0 Å². The van der Waals surface area contributed by atoms with Crippen LogP contribution in [0.25, 0.3) is 10.2 Å². The maximum absolute atomic E-state index is 10.0. The number of amides is 1. The summed E-state index contributed by atoms with van der Waals surface area (Å²) in [6, 6.07) is 3.64. The monoisotopic (exact) mass is 488 g/mol. The third-order valence-electron chi connectivity index (χ3n) is 5.43. The van der Waals surface area contributed by atoms with Gasteiger partial charge in [-0.25, -0.2) is 9.97 Å². The van der Waals surface area contributed by atoms with Gasteiger partial charge in [0.05, 0.1) is 18.2 Å². The fourth-order valence-electron chi connectivity index (χ4n) is 3.57. The third-order valence-corrected chi connectivity index (χ3v) is 7.02. The molecule has 4 rings (SSSR count). The maximum Gasteiger partial charge on any atom is 0.209 e. The number of carbonyl (C=O) groups excluding carboxylic acids is 1. The highest BCUT2D eigenvalue weighted by Gasteiger charge is 2.20. The Morgan fingerprint density at radius 1 is 1.21 bits per heavy atom. The summed E-state index contributed by atoms with van der Waals surface area (Å²) >= 11 is 6.19. The Hall–Kier alpha value is -2.56. The molecule has 0 fully saturated rings. The van der Waals surface area contributed by atoms with Gasteiger partial charge in [0.15, 0.2) is 0 Å². The van der Waals surface area contributed by atoms with E-state index in [1.165, 1.54) is 23.3 Å². The molecule has 33 heavy (non-hydrogen) atoms. The Balaban J connectivity index is 0.000000292. The summed E-state index contributed by atoms with van der Waals surface area (Å²) in [6.07, 6.45) is 7.15. The average molecular weight is 489 g/mol. The molecule has 0 saturated carbocycles. The summed E-state index contributed by atoms with van der Waals surface area (Å²) in [7, 11) is 7.37. The number of nitrogen functional groups attached to an aromatic ring is 1. The van der Waals surface area contributed by atoms with Crippen molar-refractivity contribution in [1.82, 2.24) is 19.8 Å². The van der Waals surface area contributed by atoms with Crippen LogP contribution in [0.4, 0.5) is 17.2 Å². The van der Waals surface area contributed by atoms with Gasteiger partial charge < -0.3 is 25.6 Å². The number of thiophene rings is 1. The smallest absolute Gasteiger partial charge is 0.209 e. The van der Waals surface area contributed by atoms with Crippen molar-refractivity contribution in [3.05, 3.63) is 28.9 Å². The molecule has 0 radical (unpaired) electrons. The molecule has 3 N–H and O–H groups in total. The third kappa shape index (κ3) is 6.27. The average Bonchev–Trinajstić information content (AvgIpc) is 3.19. The minimum absolute atomic E-state index is 0.585. The van der Waals surface area contributed by atoms with Crippen molar-refractivity contribution in [3.8, 4) is 5.75 Å². The molecule has 1 aromatic carbocycles. The van der Waals surface area contributed by atoms with Crippen LogP contribution < -0.4 is 15.8 Å². The molecule has 0 spiro atoms. The van der Waals surface area contributed by atoms with Crippen molar-refractivity contribution in [1.29, 1.82) is 0 Å². The van der Waals surface area contributed by atoms with Crippen LogP contribution in [0.3, 0.4) is 0 Å². The van der Waals surface area contributed by atoms with E-state index in [0.717, 1.165) is 54.1 Å². The van der Waals surface area contributed by atoms with Gasteiger partial charge in [-0.05, 0) is 51.4 Å². The first-order valence-corrected chi connectivity index (χ1v) is 12.1. The molecule has 1 amide bonds. The van der Waals surface area contributed by atoms with Gasteiger partial charge in [0.1, 0.15) is 22.7 Å². The molecular formula is C23H32N6O2S2. The van der Waals surface area contributed by atoms with Crippen LogP contribution >= 0.6 is 24.0 Å². The highest BCUT2D eigenvalue weighted by atomic mass is 32.1. The molecule has 3 aromatic rings. The Kier molecular flexibility index (Phi) is 8.76. The number of hydrogen-bond acceptors (Lipinski definition) is 9. The number of ether oxygens (including phenoxy) is 1. The number of thiol groups is 1. The highest BCUT2D eigenvalue weighted by Crippen LogP contribution is 2.40. The Morgan fingerprint density at radius 2 is 1.97 bits per heavy atom. The number of aryl methyl sites for hydroxylation is 2. The molecule has 0 unspecified atom stereocenters. The van der Waals surface area contributed by atoms with E-state index >= 15 is 0 Å². The molecule has 0 aliphatic heterocycles. The molecule has 178 valence electrons. The van der Waals surface area contributed by atoms with Gasteiger partial charge in [0, 0.05) is 41.7 Å². The lowest BCUT2D eigenvalue weighted by atomic mass is 9.97. The standard InChI is InChI=1S/C17H18N4OS2.C6H14N2O/c1-22-12-6-10(18)13(23)7-11(12)21-16-15-9-4-2-3-5-14(9)24-17(15)20-8-19-16;1-7(2)4-5-8(3)6-9/h6-8,23H,2-5,18H2,1H3,(H,19,20,21);6H,4-5H2,1-3H3. The number of carbonyl (C=O) groups is 1. The number of hydrogen-bond donors (Lipinski definition) is 3. The fourth-order valence-corrected chi connectivity index (χ4v) is 5.00. The number of nitrogens with zero attached hydrogens (tertiary/aromatic N) is 4. The molecule has 1 aliphatic rings. The zero-order valence-electron chi connectivity index (χ0n) is 19.6. The molecule has 2 heterocycles. The summed E-state index contributed by atoms with van der Waals surface area (Å²) in [4.78, 5) is 25.8. The van der Waals surface area contributed by atoms with Crippen molar-refractivity contribution in [2.24, 2.45) is 0 Å². The minimum Gasteiger partial charge on any atom is -0.494 e. The number of methoxy groups -OCH3 is 1. The van der Waals surface area contributed by atoms with Gasteiger partial charge in [-0.2, -0.15) is 0 Å². The van der Waals surface area contributed by atoms with Gasteiger partial charge >= 0.3 is 0 Å². The van der Waals surface area contributed by atoms with Gasteiger partial charge in [0.2, 0.25) is 6.41 Å². The Morgan fingerprint density at radius 3 is 2.67 bits per heavy atom. The van der Waals surface area contributed by atoms with Gasteiger partial charge in [-0.3, -0.25) is 4.79 Å². The van der Waals surface area contributed by atoms with E-state index in [9.17, 15) is 4.79 Å². The second-order valence-electron chi connectivity index (χ2n) is 8.24.